The van der Waals surface area contributed by atoms with Gasteiger partial charge in [-0.1, -0.05) is 11.6 Å². The van der Waals surface area contributed by atoms with Gasteiger partial charge in [0.1, 0.15) is 0 Å². The number of carboxylic acid groups (broad SMARTS) is 1. The minimum atomic E-state index is -1.01. The SMILES string of the molecule is O=C(O)c1ccc(Nc2ccc([N+](=O)[O-])cc2Cl)cc1. The summed E-state index contributed by atoms with van der Waals surface area (Å²) in [4.78, 5) is 20.8. The van der Waals surface area contributed by atoms with Crippen LogP contribution < -0.4 is 5.32 Å². The van der Waals surface area contributed by atoms with E-state index in [0.717, 1.165) is 0 Å². The number of carbonyl (C=O) groups is 1. The van der Waals surface area contributed by atoms with Crippen molar-refractivity contribution >= 4 is 34.6 Å². The zero-order valence-corrected chi connectivity index (χ0v) is 10.8. The second kappa shape index (κ2) is 5.58. The Morgan fingerprint density at radius 1 is 1.20 bits per heavy atom. The van der Waals surface area contributed by atoms with Gasteiger partial charge in [0.15, 0.2) is 0 Å². The van der Waals surface area contributed by atoms with Crippen molar-refractivity contribution < 1.29 is 14.8 Å². The Balaban J connectivity index is 2.21. The Kier molecular flexibility index (Phi) is 3.86. The fourth-order valence-corrected chi connectivity index (χ4v) is 1.79. The highest BCUT2D eigenvalue weighted by Gasteiger charge is 2.09. The third-order valence-electron chi connectivity index (χ3n) is 2.57. The summed E-state index contributed by atoms with van der Waals surface area (Å²) in [6.07, 6.45) is 0. The normalized spacial score (nSPS) is 10.1. The van der Waals surface area contributed by atoms with E-state index in [2.05, 4.69) is 5.32 Å². The quantitative estimate of drug-likeness (QED) is 0.662. The Labute approximate surface area is 118 Å². The first-order valence-corrected chi connectivity index (χ1v) is 5.89. The third-order valence-corrected chi connectivity index (χ3v) is 2.89. The van der Waals surface area contributed by atoms with E-state index < -0.39 is 10.9 Å². The number of nitro groups is 1. The van der Waals surface area contributed by atoms with Crippen LogP contribution in [0.3, 0.4) is 0 Å². The highest BCUT2D eigenvalue weighted by molar-refractivity contribution is 6.33. The van der Waals surface area contributed by atoms with Crippen LogP contribution in [-0.4, -0.2) is 16.0 Å². The molecule has 0 aliphatic carbocycles. The third kappa shape index (κ3) is 3.04. The molecule has 102 valence electrons. The Morgan fingerprint density at radius 2 is 1.85 bits per heavy atom. The summed E-state index contributed by atoms with van der Waals surface area (Å²) < 4.78 is 0. The van der Waals surface area contributed by atoms with E-state index in [1.54, 1.807) is 12.1 Å². The number of nitro benzene ring substituents is 1. The maximum absolute atomic E-state index is 10.7. The van der Waals surface area contributed by atoms with E-state index in [0.29, 0.717) is 11.4 Å². The molecule has 2 aromatic rings. The van der Waals surface area contributed by atoms with E-state index in [9.17, 15) is 14.9 Å². The fourth-order valence-electron chi connectivity index (χ4n) is 1.57. The summed E-state index contributed by atoms with van der Waals surface area (Å²) in [5, 5.41) is 22.5. The fraction of sp³-hybridized carbons (Fsp3) is 0. The van der Waals surface area contributed by atoms with E-state index in [-0.39, 0.29) is 16.3 Å². The van der Waals surface area contributed by atoms with Crippen LogP contribution in [0.2, 0.25) is 5.02 Å². The van der Waals surface area contributed by atoms with Gasteiger partial charge in [-0.3, -0.25) is 10.1 Å². The maximum atomic E-state index is 10.7. The second-order valence-corrected chi connectivity index (χ2v) is 4.34. The molecule has 20 heavy (non-hydrogen) atoms. The number of hydrogen-bond donors (Lipinski definition) is 2. The lowest BCUT2D eigenvalue weighted by molar-refractivity contribution is -0.384. The molecular weight excluding hydrogens is 284 g/mol. The molecule has 0 aliphatic heterocycles. The number of non-ortho nitro benzene ring substituents is 1. The topological polar surface area (TPSA) is 92.5 Å². The molecule has 7 heteroatoms. The molecular formula is C13H9ClN2O4. The van der Waals surface area contributed by atoms with Gasteiger partial charge in [-0.15, -0.1) is 0 Å². The molecule has 0 saturated carbocycles. The maximum Gasteiger partial charge on any atom is 0.335 e. The number of hydrogen-bond acceptors (Lipinski definition) is 4. The van der Waals surface area contributed by atoms with Crippen molar-refractivity contribution in [1.82, 2.24) is 0 Å². The van der Waals surface area contributed by atoms with Crippen molar-refractivity contribution in [3.05, 3.63) is 63.2 Å². The minimum Gasteiger partial charge on any atom is -0.478 e. The molecule has 0 unspecified atom stereocenters. The second-order valence-electron chi connectivity index (χ2n) is 3.93. The van der Waals surface area contributed by atoms with Crippen LogP contribution in [0.25, 0.3) is 0 Å². The molecule has 0 radical (unpaired) electrons. The van der Waals surface area contributed by atoms with Crippen LogP contribution in [0.15, 0.2) is 42.5 Å². The highest BCUT2D eigenvalue weighted by Crippen LogP contribution is 2.29. The number of nitrogens with one attached hydrogen (secondary N) is 1. The van der Waals surface area contributed by atoms with Crippen molar-refractivity contribution in [1.29, 1.82) is 0 Å². The molecule has 0 atom stereocenters. The van der Waals surface area contributed by atoms with Gasteiger partial charge in [-0.25, -0.2) is 4.79 Å². The molecule has 0 spiro atoms. The molecule has 0 aromatic heterocycles. The summed E-state index contributed by atoms with van der Waals surface area (Å²) in [6.45, 7) is 0. The van der Waals surface area contributed by atoms with E-state index in [4.69, 9.17) is 16.7 Å². The summed E-state index contributed by atoms with van der Waals surface area (Å²) in [7, 11) is 0. The average molecular weight is 293 g/mol. The van der Waals surface area contributed by atoms with E-state index in [1.165, 1.54) is 30.3 Å². The zero-order valence-electron chi connectivity index (χ0n) is 10.0. The number of carboxylic acids is 1. The molecule has 0 amide bonds. The van der Waals surface area contributed by atoms with Crippen LogP contribution in [0.1, 0.15) is 10.4 Å². The van der Waals surface area contributed by atoms with Crippen LogP contribution in [0, 0.1) is 10.1 Å². The lowest BCUT2D eigenvalue weighted by Crippen LogP contribution is -1.97. The van der Waals surface area contributed by atoms with Crippen molar-refractivity contribution in [3.8, 4) is 0 Å². The largest absolute Gasteiger partial charge is 0.478 e. The predicted molar refractivity (Wildman–Crippen MR) is 74.8 cm³/mol. The first kappa shape index (κ1) is 13.8. The number of anilines is 2. The monoisotopic (exact) mass is 292 g/mol. The first-order valence-electron chi connectivity index (χ1n) is 5.51. The predicted octanol–water partition coefficient (Wildman–Crippen LogP) is 3.69. The van der Waals surface area contributed by atoms with E-state index >= 15 is 0 Å². The number of aromatic carboxylic acids is 1. The van der Waals surface area contributed by atoms with Gasteiger partial charge in [-0.05, 0) is 30.3 Å². The van der Waals surface area contributed by atoms with Crippen LogP contribution in [0.5, 0.6) is 0 Å². The lowest BCUT2D eigenvalue weighted by Gasteiger charge is -2.08. The highest BCUT2D eigenvalue weighted by atomic mass is 35.5. The van der Waals surface area contributed by atoms with Crippen LogP contribution in [-0.2, 0) is 0 Å². The Hall–Kier alpha value is -2.60. The van der Waals surface area contributed by atoms with Gasteiger partial charge in [0.2, 0.25) is 0 Å². The molecule has 2 rings (SSSR count). The zero-order chi connectivity index (χ0) is 14.7. The number of nitrogens with zero attached hydrogens (tertiary/aromatic N) is 1. The standard InChI is InChI=1S/C13H9ClN2O4/c14-11-7-10(16(19)20)5-6-12(11)15-9-3-1-8(2-4-9)13(17)18/h1-7,15H,(H,17,18). The van der Waals surface area contributed by atoms with Crippen LogP contribution >= 0.6 is 11.6 Å². The van der Waals surface area contributed by atoms with Gasteiger partial charge in [0.05, 0.1) is 21.2 Å². The van der Waals surface area contributed by atoms with Crippen molar-refractivity contribution in [2.24, 2.45) is 0 Å². The number of rotatable bonds is 4. The molecule has 0 fully saturated rings. The molecule has 6 nitrogen and oxygen atoms in total. The Bertz CT molecular complexity index is 671. The molecule has 0 heterocycles. The van der Waals surface area contributed by atoms with Crippen LogP contribution in [0.4, 0.5) is 17.1 Å². The van der Waals surface area contributed by atoms with Gasteiger partial charge >= 0.3 is 5.97 Å². The molecule has 0 aliphatic rings. The summed E-state index contributed by atoms with van der Waals surface area (Å²) >= 11 is 5.94. The lowest BCUT2D eigenvalue weighted by atomic mass is 10.2. The molecule has 2 aromatic carbocycles. The van der Waals surface area contributed by atoms with E-state index in [1.807, 2.05) is 0 Å². The summed E-state index contributed by atoms with van der Waals surface area (Å²) in [5.41, 5.74) is 1.21. The minimum absolute atomic E-state index is 0.0956. The molecule has 2 N–H and O–H groups in total. The smallest absolute Gasteiger partial charge is 0.335 e. The number of halogens is 1. The van der Waals surface area contributed by atoms with Gasteiger partial charge in [0.25, 0.3) is 5.69 Å². The van der Waals surface area contributed by atoms with Gasteiger partial charge in [0, 0.05) is 17.8 Å². The van der Waals surface area contributed by atoms with Crippen molar-refractivity contribution in [2.75, 3.05) is 5.32 Å². The summed E-state index contributed by atoms with van der Waals surface area (Å²) in [5.74, 6) is -1.01. The summed E-state index contributed by atoms with van der Waals surface area (Å²) in [6, 6.07) is 10.1. The number of benzene rings is 2. The average Bonchev–Trinajstić information content (AvgIpc) is 2.41. The molecule has 0 saturated heterocycles. The van der Waals surface area contributed by atoms with Crippen molar-refractivity contribution in [2.45, 2.75) is 0 Å². The van der Waals surface area contributed by atoms with Gasteiger partial charge < -0.3 is 10.4 Å². The van der Waals surface area contributed by atoms with Gasteiger partial charge in [-0.2, -0.15) is 0 Å². The molecule has 0 bridgehead atoms. The van der Waals surface area contributed by atoms with Crippen molar-refractivity contribution in [3.63, 3.8) is 0 Å². The first-order chi connectivity index (χ1) is 9.47. The Morgan fingerprint density at radius 3 is 2.35 bits per heavy atom.